The first-order valence-electron chi connectivity index (χ1n) is 13.8. The zero-order valence-electron chi connectivity index (χ0n) is 24.6. The van der Waals surface area contributed by atoms with Crippen LogP contribution in [0.3, 0.4) is 0 Å². The first-order chi connectivity index (χ1) is 21.6. The van der Waals surface area contributed by atoms with E-state index in [9.17, 15) is 18.0 Å². The van der Waals surface area contributed by atoms with Crippen LogP contribution in [0, 0.1) is 6.92 Å². The molecule has 234 valence electrons. The maximum atomic E-state index is 13.5. The molecular formula is C31H30F3N7O4. The number of nitrogens with one attached hydrogen (secondary N) is 2. The van der Waals surface area contributed by atoms with Crippen LogP contribution < -0.4 is 30.6 Å². The number of methoxy groups -OCH3 is 2. The van der Waals surface area contributed by atoms with E-state index in [1.807, 2.05) is 0 Å². The number of aromatic nitrogens is 4. The van der Waals surface area contributed by atoms with Crippen molar-refractivity contribution in [1.29, 1.82) is 0 Å². The van der Waals surface area contributed by atoms with Crippen LogP contribution in [0.2, 0.25) is 0 Å². The second-order valence-electron chi connectivity index (χ2n) is 9.87. The molecule has 2 aromatic carbocycles. The van der Waals surface area contributed by atoms with Crippen molar-refractivity contribution in [2.45, 2.75) is 19.5 Å². The third-order valence-electron chi connectivity index (χ3n) is 6.80. The van der Waals surface area contributed by atoms with Gasteiger partial charge in [-0.3, -0.25) is 0 Å². The summed E-state index contributed by atoms with van der Waals surface area (Å²) in [6.07, 6.45) is -2.89. The number of nitrogen functional groups attached to an aromatic ring is 1. The van der Waals surface area contributed by atoms with E-state index >= 15 is 0 Å². The minimum Gasteiger partial charge on any atom is -0.497 e. The number of nitrogens with zero attached hydrogens (tertiary/aromatic N) is 4. The van der Waals surface area contributed by atoms with Crippen molar-refractivity contribution >= 4 is 23.2 Å². The zero-order valence-corrected chi connectivity index (χ0v) is 24.6. The molecule has 0 aliphatic carbocycles. The molecule has 5 rings (SSSR count). The summed E-state index contributed by atoms with van der Waals surface area (Å²) in [5.41, 5.74) is 7.72. The Morgan fingerprint density at radius 2 is 1.82 bits per heavy atom. The van der Waals surface area contributed by atoms with Crippen LogP contribution in [0.25, 0.3) is 28.2 Å². The van der Waals surface area contributed by atoms with Gasteiger partial charge in [-0.1, -0.05) is 6.07 Å². The Morgan fingerprint density at radius 1 is 1.00 bits per heavy atom. The van der Waals surface area contributed by atoms with E-state index in [0.717, 1.165) is 6.07 Å². The van der Waals surface area contributed by atoms with Crippen LogP contribution in [0.4, 0.5) is 29.5 Å². The second-order valence-corrected chi connectivity index (χ2v) is 9.87. The van der Waals surface area contributed by atoms with E-state index in [4.69, 9.17) is 19.9 Å². The van der Waals surface area contributed by atoms with E-state index in [1.54, 1.807) is 68.6 Å². The molecule has 4 N–H and O–H groups in total. The van der Waals surface area contributed by atoms with Crippen LogP contribution in [-0.4, -0.2) is 53.0 Å². The number of imidazole rings is 1. The molecule has 0 aliphatic rings. The number of urea groups is 1. The lowest BCUT2D eigenvalue weighted by Crippen LogP contribution is -2.30. The van der Waals surface area contributed by atoms with Crippen LogP contribution in [0.1, 0.15) is 17.7 Å². The summed E-state index contributed by atoms with van der Waals surface area (Å²) in [6, 6.07) is 16.4. The summed E-state index contributed by atoms with van der Waals surface area (Å²) in [5.74, 6) is 0.976. The molecular weight excluding hydrogens is 591 g/mol. The summed E-state index contributed by atoms with van der Waals surface area (Å²) in [5, 5.41) is 10.2. The number of halogens is 3. The van der Waals surface area contributed by atoms with Crippen molar-refractivity contribution in [2.24, 2.45) is 0 Å². The number of ether oxygens (including phenoxy) is 3. The average Bonchev–Trinajstić information content (AvgIpc) is 3.35. The van der Waals surface area contributed by atoms with Crippen molar-refractivity contribution in [2.75, 3.05) is 38.4 Å². The minimum atomic E-state index is -4.67. The number of pyridine rings is 1. The molecule has 3 heterocycles. The maximum absolute atomic E-state index is 13.5. The van der Waals surface area contributed by atoms with Gasteiger partial charge in [0.25, 0.3) is 0 Å². The number of hydrogen-bond donors (Lipinski definition) is 3. The summed E-state index contributed by atoms with van der Waals surface area (Å²) in [7, 11) is 3.07. The molecule has 0 unspecified atom stereocenters. The highest BCUT2D eigenvalue weighted by Gasteiger charge is 2.34. The molecule has 2 amide bonds. The van der Waals surface area contributed by atoms with Gasteiger partial charge in [0.15, 0.2) is 17.1 Å². The molecule has 0 saturated heterocycles. The number of carbonyl (C=O) groups is 1. The minimum absolute atomic E-state index is 0.177. The van der Waals surface area contributed by atoms with Crippen molar-refractivity contribution in [1.82, 2.24) is 24.9 Å². The molecule has 0 bridgehead atoms. The van der Waals surface area contributed by atoms with E-state index in [1.165, 1.54) is 17.8 Å². The lowest BCUT2D eigenvalue weighted by molar-refractivity contribution is -0.137. The first-order valence-corrected chi connectivity index (χ1v) is 13.8. The van der Waals surface area contributed by atoms with Gasteiger partial charge in [-0.15, -0.1) is 0 Å². The summed E-state index contributed by atoms with van der Waals surface area (Å²) < 4.78 is 58.7. The topological polar surface area (TPSA) is 138 Å². The van der Waals surface area contributed by atoms with Crippen molar-refractivity contribution in [3.63, 3.8) is 0 Å². The number of fused-ring (bicyclic) bond motifs is 1. The van der Waals surface area contributed by atoms with Gasteiger partial charge in [0.05, 0.1) is 43.5 Å². The highest BCUT2D eigenvalue weighted by molar-refractivity contribution is 5.89. The van der Waals surface area contributed by atoms with Gasteiger partial charge in [-0.2, -0.15) is 18.3 Å². The molecule has 3 aromatic heterocycles. The molecule has 0 fully saturated rings. The van der Waals surface area contributed by atoms with Gasteiger partial charge in [0.2, 0.25) is 0 Å². The van der Waals surface area contributed by atoms with E-state index in [-0.39, 0.29) is 18.2 Å². The average molecular weight is 622 g/mol. The molecule has 0 saturated carbocycles. The Morgan fingerprint density at radius 3 is 2.58 bits per heavy atom. The molecule has 5 aromatic rings. The predicted molar refractivity (Wildman–Crippen MR) is 162 cm³/mol. The Kier molecular flexibility index (Phi) is 8.93. The monoisotopic (exact) mass is 621 g/mol. The SMILES string of the molecule is COc1cccc(NC(=O)NCCCOc2cc(-c3ccc4nc(C)c(-c5cnc(N)c(C(F)(F)F)c5)n4n3)ccc2OC)c1. The Bertz CT molecular complexity index is 1840. The van der Waals surface area contributed by atoms with Gasteiger partial charge >= 0.3 is 12.2 Å². The number of hydrogen-bond acceptors (Lipinski definition) is 8. The normalized spacial score (nSPS) is 11.3. The van der Waals surface area contributed by atoms with Gasteiger partial charge < -0.3 is 30.6 Å². The summed E-state index contributed by atoms with van der Waals surface area (Å²) >= 11 is 0. The lowest BCUT2D eigenvalue weighted by atomic mass is 10.1. The van der Waals surface area contributed by atoms with Gasteiger partial charge in [0, 0.05) is 35.6 Å². The third kappa shape index (κ3) is 7.00. The van der Waals surface area contributed by atoms with E-state index < -0.39 is 17.6 Å². The number of carbonyl (C=O) groups excluding carboxylic acids is 1. The van der Waals surface area contributed by atoms with E-state index in [0.29, 0.717) is 64.2 Å². The molecule has 45 heavy (non-hydrogen) atoms. The van der Waals surface area contributed by atoms with Gasteiger partial charge in [0.1, 0.15) is 11.6 Å². The molecule has 0 spiro atoms. The lowest BCUT2D eigenvalue weighted by Gasteiger charge is -2.13. The van der Waals surface area contributed by atoms with Crippen LogP contribution in [-0.2, 0) is 6.18 Å². The fourth-order valence-corrected chi connectivity index (χ4v) is 4.64. The molecule has 0 atom stereocenters. The number of aryl methyl sites for hydroxylation is 1. The predicted octanol–water partition coefficient (Wildman–Crippen LogP) is 5.98. The molecule has 0 radical (unpaired) electrons. The largest absolute Gasteiger partial charge is 0.497 e. The standard InChI is InChI=1S/C31H30F3N7O4/c1-18-28(20-14-23(31(32,33)34)29(35)37-17-20)41-27(38-18)11-9-24(40-41)19-8-10-25(44-3)26(15-19)45-13-5-12-36-30(42)39-21-6-4-7-22(16-21)43-2/h4,6-11,14-17H,5,12-13H2,1-3H3,(H2,35,37)(H2,36,39,42). The smallest absolute Gasteiger partial charge is 0.419 e. The Hall–Kier alpha value is -5.53. The molecule has 0 aliphatic heterocycles. The van der Waals surface area contributed by atoms with Crippen LogP contribution in [0.15, 0.2) is 66.9 Å². The van der Waals surface area contributed by atoms with E-state index in [2.05, 4.69) is 25.7 Å². The van der Waals surface area contributed by atoms with Crippen molar-refractivity contribution < 1.29 is 32.2 Å². The fraction of sp³-hybridized carbons (Fsp3) is 0.226. The van der Waals surface area contributed by atoms with Gasteiger partial charge in [-0.25, -0.2) is 19.3 Å². The number of amides is 2. The first kappa shape index (κ1) is 30.9. The molecule has 11 nitrogen and oxygen atoms in total. The maximum Gasteiger partial charge on any atom is 0.419 e. The number of alkyl halides is 3. The second kappa shape index (κ2) is 13.0. The quantitative estimate of drug-likeness (QED) is 0.162. The Labute approximate surface area is 256 Å². The third-order valence-corrected chi connectivity index (χ3v) is 6.80. The van der Waals surface area contributed by atoms with Gasteiger partial charge in [-0.05, 0) is 61.9 Å². The number of nitrogens with two attached hydrogens (primary N) is 1. The number of rotatable bonds is 10. The van der Waals surface area contributed by atoms with Crippen LogP contribution in [0.5, 0.6) is 17.2 Å². The Balaban J connectivity index is 1.30. The highest BCUT2D eigenvalue weighted by Crippen LogP contribution is 2.36. The fourth-order valence-electron chi connectivity index (χ4n) is 4.64. The molecule has 14 heteroatoms. The number of benzene rings is 2. The summed E-state index contributed by atoms with van der Waals surface area (Å²) in [6.45, 7) is 2.32. The zero-order chi connectivity index (χ0) is 32.1. The summed E-state index contributed by atoms with van der Waals surface area (Å²) in [4.78, 5) is 20.5. The van der Waals surface area contributed by atoms with Crippen molar-refractivity contribution in [3.8, 4) is 39.8 Å². The number of anilines is 2. The highest BCUT2D eigenvalue weighted by atomic mass is 19.4. The van der Waals surface area contributed by atoms with Crippen molar-refractivity contribution in [3.05, 3.63) is 78.1 Å². The van der Waals surface area contributed by atoms with Crippen LogP contribution >= 0.6 is 0 Å².